The first-order valence-corrected chi connectivity index (χ1v) is 6.89. The second-order valence-corrected chi connectivity index (χ2v) is 7.19. The van der Waals surface area contributed by atoms with Gasteiger partial charge < -0.3 is 0 Å². The first kappa shape index (κ1) is 15.7. The average Bonchev–Trinajstić information content (AvgIpc) is 2.30. The summed E-state index contributed by atoms with van der Waals surface area (Å²) in [6.07, 6.45) is 0. The van der Waals surface area contributed by atoms with Crippen molar-refractivity contribution in [3.05, 3.63) is 34.9 Å². The smallest absolute Gasteiger partial charge is 0.145 e. The second-order valence-electron chi connectivity index (χ2n) is 5.19. The molecule has 0 saturated carbocycles. The molecule has 1 rings (SSSR count). The molecule has 0 heterocycles. The highest BCUT2D eigenvalue weighted by Crippen LogP contribution is 2.23. The number of halogens is 2. The van der Waals surface area contributed by atoms with Crippen LogP contribution in [0.25, 0.3) is 0 Å². The summed E-state index contributed by atoms with van der Waals surface area (Å²) in [6, 6.07) is 2.78. The van der Waals surface area contributed by atoms with Crippen molar-refractivity contribution in [2.24, 2.45) is 0 Å². The molecule has 19 heavy (non-hydrogen) atoms. The Morgan fingerprint density at radius 3 is 2.42 bits per heavy atom. The molecular weight excluding hydrogens is 270 g/mol. The molecule has 0 spiro atoms. The zero-order valence-electron chi connectivity index (χ0n) is 11.3. The van der Waals surface area contributed by atoms with Crippen molar-refractivity contribution < 1.29 is 13.0 Å². The van der Waals surface area contributed by atoms with Crippen molar-refractivity contribution in [2.75, 3.05) is 0 Å². The first-order chi connectivity index (χ1) is 8.66. The van der Waals surface area contributed by atoms with Crippen LogP contribution in [0.3, 0.4) is 0 Å². The first-order valence-electron chi connectivity index (χ1n) is 5.74. The fraction of sp³-hybridized carbons (Fsp3) is 0.462. The van der Waals surface area contributed by atoms with Crippen molar-refractivity contribution in [3.63, 3.8) is 0 Å². The van der Waals surface area contributed by atoms with E-state index in [1.54, 1.807) is 33.8 Å². The lowest BCUT2D eigenvalue weighted by Gasteiger charge is -2.22. The van der Waals surface area contributed by atoms with Gasteiger partial charge in [-0.15, -0.1) is 0 Å². The predicted molar refractivity (Wildman–Crippen MR) is 70.5 cm³/mol. The highest BCUT2D eigenvalue weighted by atomic mass is 32.2. The molecule has 1 N–H and O–H groups in total. The van der Waals surface area contributed by atoms with Crippen LogP contribution in [0.15, 0.2) is 12.1 Å². The molecule has 104 valence electrons. The van der Waals surface area contributed by atoms with E-state index in [4.69, 9.17) is 5.26 Å². The molecule has 0 saturated heterocycles. The van der Waals surface area contributed by atoms with Gasteiger partial charge in [0.1, 0.15) is 17.7 Å². The van der Waals surface area contributed by atoms with Crippen molar-refractivity contribution in [3.8, 4) is 6.07 Å². The summed E-state index contributed by atoms with van der Waals surface area (Å²) in [6.45, 7) is 6.88. The third-order valence-corrected chi connectivity index (χ3v) is 4.17. The van der Waals surface area contributed by atoms with Gasteiger partial charge in [0.15, 0.2) is 0 Å². The Morgan fingerprint density at radius 2 is 1.95 bits per heavy atom. The SMILES string of the molecule is C[C@@H](N[S@](=O)C(C)(C)C)c1cc(F)cc(C#N)c1F. The normalized spacial score (nSPS) is 14.8. The maximum atomic E-state index is 13.9. The molecule has 2 atom stereocenters. The molecule has 0 unspecified atom stereocenters. The molecule has 0 aliphatic carbocycles. The number of hydrogen-bond acceptors (Lipinski definition) is 2. The molecule has 0 amide bonds. The molecule has 3 nitrogen and oxygen atoms in total. The maximum absolute atomic E-state index is 13.9. The minimum Gasteiger partial charge on any atom is -0.242 e. The number of benzene rings is 1. The van der Waals surface area contributed by atoms with Crippen LogP contribution < -0.4 is 4.72 Å². The molecule has 1 aromatic carbocycles. The Kier molecular flexibility index (Phi) is 4.77. The predicted octanol–water partition coefficient (Wildman–Crippen LogP) is 2.95. The van der Waals surface area contributed by atoms with Crippen LogP contribution in [0.2, 0.25) is 0 Å². The van der Waals surface area contributed by atoms with Gasteiger partial charge in [-0.3, -0.25) is 0 Å². The van der Waals surface area contributed by atoms with Gasteiger partial charge in [-0.25, -0.2) is 17.7 Å². The van der Waals surface area contributed by atoms with E-state index in [-0.39, 0.29) is 11.1 Å². The van der Waals surface area contributed by atoms with Gasteiger partial charge >= 0.3 is 0 Å². The van der Waals surface area contributed by atoms with Crippen molar-refractivity contribution in [1.29, 1.82) is 5.26 Å². The lowest BCUT2D eigenvalue weighted by Crippen LogP contribution is -2.35. The van der Waals surface area contributed by atoms with Gasteiger partial charge in [-0.2, -0.15) is 5.26 Å². The lowest BCUT2D eigenvalue weighted by atomic mass is 10.0. The molecule has 0 aliphatic rings. The summed E-state index contributed by atoms with van der Waals surface area (Å²) in [7, 11) is -1.41. The van der Waals surface area contributed by atoms with E-state index in [0.717, 1.165) is 12.1 Å². The summed E-state index contributed by atoms with van der Waals surface area (Å²) in [5.41, 5.74) is -0.362. The van der Waals surface area contributed by atoms with Crippen LogP contribution in [0.1, 0.15) is 44.9 Å². The molecule has 0 fully saturated rings. The molecule has 0 bridgehead atoms. The van der Waals surface area contributed by atoms with Crippen LogP contribution in [-0.2, 0) is 11.0 Å². The topological polar surface area (TPSA) is 52.9 Å². The summed E-state index contributed by atoms with van der Waals surface area (Å²) in [5, 5.41) is 8.72. The lowest BCUT2D eigenvalue weighted by molar-refractivity contribution is 0.553. The summed E-state index contributed by atoms with van der Waals surface area (Å²) in [5.74, 6) is -1.47. The van der Waals surface area contributed by atoms with Gasteiger partial charge in [0.25, 0.3) is 0 Å². The van der Waals surface area contributed by atoms with E-state index < -0.39 is 33.4 Å². The highest BCUT2D eigenvalue weighted by molar-refractivity contribution is 7.84. The van der Waals surface area contributed by atoms with Gasteiger partial charge in [-0.1, -0.05) is 0 Å². The maximum Gasteiger partial charge on any atom is 0.145 e. The van der Waals surface area contributed by atoms with E-state index in [0.29, 0.717) is 0 Å². The Balaban J connectivity index is 3.08. The number of nitrogens with zero attached hydrogens (tertiary/aromatic N) is 1. The summed E-state index contributed by atoms with van der Waals surface area (Å²) >= 11 is 0. The minimum absolute atomic E-state index is 0.00542. The van der Waals surface area contributed by atoms with E-state index in [9.17, 15) is 13.0 Å². The van der Waals surface area contributed by atoms with E-state index in [1.807, 2.05) is 0 Å². The molecular formula is C13H16F2N2OS. The monoisotopic (exact) mass is 286 g/mol. The van der Waals surface area contributed by atoms with Gasteiger partial charge in [0.2, 0.25) is 0 Å². The third kappa shape index (κ3) is 3.82. The van der Waals surface area contributed by atoms with Crippen molar-refractivity contribution >= 4 is 11.0 Å². The van der Waals surface area contributed by atoms with Crippen LogP contribution in [0, 0.1) is 23.0 Å². The van der Waals surface area contributed by atoms with Crippen LogP contribution >= 0.6 is 0 Å². The van der Waals surface area contributed by atoms with E-state index in [1.165, 1.54) is 0 Å². The minimum atomic E-state index is -1.41. The standard InChI is InChI=1S/C13H16F2N2OS/c1-8(17-19(18)13(2,3)4)11-6-10(14)5-9(7-16)12(11)15/h5-6,8,17H,1-4H3/t8-,19-/m1/s1. The highest BCUT2D eigenvalue weighted by Gasteiger charge is 2.24. The number of nitriles is 1. The Labute approximate surface area is 114 Å². The third-order valence-electron chi connectivity index (χ3n) is 2.49. The number of rotatable bonds is 3. The summed E-state index contributed by atoms with van der Waals surface area (Å²) < 4.78 is 41.3. The molecule has 0 aliphatic heterocycles. The van der Waals surface area contributed by atoms with Crippen LogP contribution in [0.4, 0.5) is 8.78 Å². The quantitative estimate of drug-likeness (QED) is 0.928. The van der Waals surface area contributed by atoms with Gasteiger partial charge in [0.05, 0.1) is 21.3 Å². The molecule has 0 radical (unpaired) electrons. The zero-order chi connectivity index (χ0) is 14.8. The Hall–Kier alpha value is -1.32. The zero-order valence-corrected chi connectivity index (χ0v) is 12.1. The number of nitrogens with one attached hydrogen (secondary N) is 1. The van der Waals surface area contributed by atoms with Crippen molar-refractivity contribution in [2.45, 2.75) is 38.5 Å². The molecule has 6 heteroatoms. The van der Waals surface area contributed by atoms with Crippen LogP contribution in [-0.4, -0.2) is 8.96 Å². The van der Waals surface area contributed by atoms with Crippen molar-refractivity contribution in [1.82, 2.24) is 4.72 Å². The molecule has 1 aromatic rings. The largest absolute Gasteiger partial charge is 0.242 e. The molecule has 0 aromatic heterocycles. The Morgan fingerprint density at radius 1 is 1.37 bits per heavy atom. The summed E-state index contributed by atoms with van der Waals surface area (Å²) in [4.78, 5) is 0. The fourth-order valence-electron chi connectivity index (χ4n) is 1.41. The fourth-order valence-corrected chi connectivity index (χ4v) is 2.21. The van der Waals surface area contributed by atoms with E-state index >= 15 is 0 Å². The second kappa shape index (κ2) is 5.76. The van der Waals surface area contributed by atoms with Gasteiger partial charge in [-0.05, 0) is 39.8 Å². The Bertz CT molecular complexity index is 547. The number of hydrogen-bond donors (Lipinski definition) is 1. The van der Waals surface area contributed by atoms with E-state index in [2.05, 4.69) is 4.72 Å². The van der Waals surface area contributed by atoms with Crippen LogP contribution in [0.5, 0.6) is 0 Å². The average molecular weight is 286 g/mol. The van der Waals surface area contributed by atoms with Gasteiger partial charge in [0, 0.05) is 11.6 Å².